The standard InChI is InChI=1S/C18H30O15/c19-7-4-1-28-16-13(25)11(23)8(20)5(32-16)2-30-18-15(27)12(24)9(21)6(33-18)3-29-17(31-4)14(26)10(7)22/h4-27H,1-3H2/t4-,5-,6-,7-,8-,9-,10+,11+,12+,13-,14-,15-,16-,17-,18-/m1/s1. The smallest absolute Gasteiger partial charge is 0.186 e. The monoisotopic (exact) mass is 486 g/mol. The van der Waals surface area contributed by atoms with E-state index >= 15 is 0 Å². The van der Waals surface area contributed by atoms with Crippen molar-refractivity contribution in [3.05, 3.63) is 0 Å². The lowest BCUT2D eigenvalue weighted by Crippen LogP contribution is -2.61. The van der Waals surface area contributed by atoms with Crippen molar-refractivity contribution in [2.75, 3.05) is 19.8 Å². The largest absolute Gasteiger partial charge is 0.387 e. The quantitative estimate of drug-likeness (QED) is 0.155. The molecule has 4 aliphatic heterocycles. The Morgan fingerprint density at radius 2 is 0.576 bits per heavy atom. The van der Waals surface area contributed by atoms with Crippen LogP contribution < -0.4 is 0 Å². The number of fused-ring (bicyclic) bond motifs is 6. The summed E-state index contributed by atoms with van der Waals surface area (Å²) in [4.78, 5) is 0. The van der Waals surface area contributed by atoms with Gasteiger partial charge in [-0.05, 0) is 0 Å². The van der Waals surface area contributed by atoms with Crippen LogP contribution in [0.1, 0.15) is 0 Å². The third-order valence-corrected chi connectivity index (χ3v) is 6.28. The van der Waals surface area contributed by atoms with E-state index in [4.69, 9.17) is 28.4 Å². The van der Waals surface area contributed by atoms with Crippen molar-refractivity contribution in [1.82, 2.24) is 0 Å². The minimum absolute atomic E-state index is 0.481. The maximum Gasteiger partial charge on any atom is 0.186 e. The molecule has 0 aromatic rings. The van der Waals surface area contributed by atoms with Crippen molar-refractivity contribution in [2.45, 2.75) is 92.1 Å². The first-order chi connectivity index (χ1) is 15.6. The zero-order chi connectivity index (χ0) is 24.0. The Morgan fingerprint density at radius 1 is 0.333 bits per heavy atom. The maximum atomic E-state index is 10.2. The molecule has 9 N–H and O–H groups in total. The predicted molar refractivity (Wildman–Crippen MR) is 97.9 cm³/mol. The zero-order valence-corrected chi connectivity index (χ0v) is 17.3. The molecule has 4 aliphatic rings. The van der Waals surface area contributed by atoms with Gasteiger partial charge in [0.2, 0.25) is 0 Å². The summed E-state index contributed by atoms with van der Waals surface area (Å²) in [5.41, 5.74) is 0. The van der Waals surface area contributed by atoms with Gasteiger partial charge in [-0.1, -0.05) is 0 Å². The second-order valence-corrected chi connectivity index (χ2v) is 8.54. The molecule has 0 aliphatic carbocycles. The number of aliphatic hydroxyl groups is 9. The first-order valence-corrected chi connectivity index (χ1v) is 10.5. The van der Waals surface area contributed by atoms with Gasteiger partial charge in [0.15, 0.2) is 18.9 Å². The summed E-state index contributed by atoms with van der Waals surface area (Å²) >= 11 is 0. The highest BCUT2D eigenvalue weighted by molar-refractivity contribution is 4.94. The van der Waals surface area contributed by atoms with E-state index in [1.807, 2.05) is 0 Å². The van der Waals surface area contributed by atoms with E-state index in [1.165, 1.54) is 0 Å². The molecule has 4 saturated heterocycles. The fraction of sp³-hybridized carbons (Fsp3) is 1.00. The van der Waals surface area contributed by atoms with Crippen LogP contribution in [0.2, 0.25) is 0 Å². The van der Waals surface area contributed by atoms with Crippen LogP contribution in [0.5, 0.6) is 0 Å². The average Bonchev–Trinajstić information content (AvgIpc) is 2.80. The second-order valence-electron chi connectivity index (χ2n) is 8.54. The molecule has 4 heterocycles. The topological polar surface area (TPSA) is 237 Å². The minimum atomic E-state index is -1.72. The molecule has 15 heteroatoms. The Balaban J connectivity index is 1.59. The van der Waals surface area contributed by atoms with E-state index in [2.05, 4.69) is 0 Å². The number of hydrogen-bond acceptors (Lipinski definition) is 15. The Labute approximate surface area is 187 Å². The van der Waals surface area contributed by atoms with Gasteiger partial charge in [-0.25, -0.2) is 0 Å². The number of rotatable bonds is 0. The molecule has 0 unspecified atom stereocenters. The SMILES string of the molecule is O[C@@H]1[C@@H](O)[C@@H]2OC[C@H]3O[C@@H](OC[C@H]4O[C@@H](OC[C@@H](O2)[C@H]1O)[C@H](O)[C@@H](O)[C@@H]4O)[C@H](O)[C@@H](O)[C@@H]3O. The summed E-state index contributed by atoms with van der Waals surface area (Å²) in [5, 5.41) is 91.8. The molecule has 15 atom stereocenters. The normalized spacial score (nSPS) is 56.5. The van der Waals surface area contributed by atoms with E-state index in [-0.39, 0.29) is 0 Å². The van der Waals surface area contributed by atoms with Gasteiger partial charge in [-0.2, -0.15) is 0 Å². The zero-order valence-electron chi connectivity index (χ0n) is 17.3. The fourth-order valence-corrected chi connectivity index (χ4v) is 4.14. The van der Waals surface area contributed by atoms with Crippen LogP contribution in [0.3, 0.4) is 0 Å². The Bertz CT molecular complexity index is 521. The molecule has 0 aromatic heterocycles. The van der Waals surface area contributed by atoms with Crippen molar-refractivity contribution in [3.8, 4) is 0 Å². The van der Waals surface area contributed by atoms with Gasteiger partial charge in [0.25, 0.3) is 0 Å². The summed E-state index contributed by atoms with van der Waals surface area (Å²) in [5.74, 6) is 0. The lowest BCUT2D eigenvalue weighted by atomic mass is 9.98. The number of aliphatic hydroxyl groups excluding tert-OH is 9. The first kappa shape index (κ1) is 25.5. The van der Waals surface area contributed by atoms with Crippen molar-refractivity contribution < 1.29 is 74.4 Å². The summed E-state index contributed by atoms with van der Waals surface area (Å²) in [6.07, 6.45) is -23.5. The van der Waals surface area contributed by atoms with E-state index < -0.39 is 112 Å². The van der Waals surface area contributed by atoms with E-state index in [0.29, 0.717) is 0 Å². The lowest BCUT2D eigenvalue weighted by Gasteiger charge is -2.42. The Kier molecular flexibility index (Phi) is 7.86. The average molecular weight is 486 g/mol. The molecule has 4 fully saturated rings. The van der Waals surface area contributed by atoms with Gasteiger partial charge in [-0.15, -0.1) is 0 Å². The van der Waals surface area contributed by atoms with Gasteiger partial charge in [0, 0.05) is 0 Å². The molecule has 0 amide bonds. The fourth-order valence-electron chi connectivity index (χ4n) is 4.14. The van der Waals surface area contributed by atoms with Crippen LogP contribution in [0.15, 0.2) is 0 Å². The molecule has 4 rings (SSSR count). The van der Waals surface area contributed by atoms with E-state index in [9.17, 15) is 46.0 Å². The third kappa shape index (κ3) is 4.90. The molecule has 0 radical (unpaired) electrons. The van der Waals surface area contributed by atoms with Crippen LogP contribution in [0, 0.1) is 0 Å². The summed E-state index contributed by atoms with van der Waals surface area (Å²) in [6, 6.07) is 0. The first-order valence-electron chi connectivity index (χ1n) is 10.5. The molecular formula is C18H30O15. The second kappa shape index (κ2) is 10.2. The van der Waals surface area contributed by atoms with E-state index in [1.54, 1.807) is 0 Å². The van der Waals surface area contributed by atoms with Crippen LogP contribution >= 0.6 is 0 Å². The molecule has 6 bridgehead atoms. The van der Waals surface area contributed by atoms with Crippen molar-refractivity contribution in [2.24, 2.45) is 0 Å². The van der Waals surface area contributed by atoms with Crippen molar-refractivity contribution in [1.29, 1.82) is 0 Å². The summed E-state index contributed by atoms with van der Waals surface area (Å²) in [7, 11) is 0. The van der Waals surface area contributed by atoms with Crippen LogP contribution in [0.25, 0.3) is 0 Å². The molecular weight excluding hydrogens is 456 g/mol. The summed E-state index contributed by atoms with van der Waals surface area (Å²) in [6.45, 7) is -1.44. The molecule has 192 valence electrons. The molecule has 33 heavy (non-hydrogen) atoms. The predicted octanol–water partition coefficient (Wildman–Crippen LogP) is -6.53. The number of ether oxygens (including phenoxy) is 6. The van der Waals surface area contributed by atoms with Gasteiger partial charge >= 0.3 is 0 Å². The number of hydrogen-bond donors (Lipinski definition) is 9. The maximum absolute atomic E-state index is 10.2. The molecule has 15 nitrogen and oxygen atoms in total. The Hall–Kier alpha value is -0.600. The molecule has 0 saturated carbocycles. The highest BCUT2D eigenvalue weighted by atomic mass is 16.8. The minimum Gasteiger partial charge on any atom is -0.387 e. The Morgan fingerprint density at radius 3 is 0.818 bits per heavy atom. The van der Waals surface area contributed by atoms with Crippen molar-refractivity contribution in [3.63, 3.8) is 0 Å². The van der Waals surface area contributed by atoms with Crippen LogP contribution in [-0.2, 0) is 28.4 Å². The van der Waals surface area contributed by atoms with Crippen LogP contribution in [-0.4, -0.2) is 158 Å². The lowest BCUT2D eigenvalue weighted by molar-refractivity contribution is -0.331. The van der Waals surface area contributed by atoms with Gasteiger partial charge in [0.05, 0.1) is 19.8 Å². The molecule has 0 aromatic carbocycles. The van der Waals surface area contributed by atoms with Gasteiger partial charge < -0.3 is 74.4 Å². The molecule has 0 spiro atoms. The van der Waals surface area contributed by atoms with E-state index in [0.717, 1.165) is 0 Å². The van der Waals surface area contributed by atoms with Gasteiger partial charge in [0.1, 0.15) is 73.2 Å². The third-order valence-electron chi connectivity index (χ3n) is 6.28. The highest BCUT2D eigenvalue weighted by Gasteiger charge is 2.50. The summed E-state index contributed by atoms with van der Waals surface area (Å²) < 4.78 is 32.6. The van der Waals surface area contributed by atoms with Crippen LogP contribution in [0.4, 0.5) is 0 Å². The van der Waals surface area contributed by atoms with Gasteiger partial charge in [-0.3, -0.25) is 0 Å². The highest BCUT2D eigenvalue weighted by Crippen LogP contribution is 2.29. The van der Waals surface area contributed by atoms with Crippen molar-refractivity contribution >= 4 is 0 Å².